The summed E-state index contributed by atoms with van der Waals surface area (Å²) < 4.78 is 95.6. The number of hydrogen-bond donors (Lipinski definition) is 0. The maximum Gasteiger partial charge on any atom is 0.419 e. The van der Waals surface area contributed by atoms with E-state index in [2.05, 4.69) is 20.0 Å². The maximum atomic E-state index is 14.1. The number of rotatable bonds is 14. The number of halogens is 4. The molecule has 2 atom stereocenters. The van der Waals surface area contributed by atoms with Gasteiger partial charge in [0.05, 0.1) is 50.9 Å². The van der Waals surface area contributed by atoms with Crippen molar-refractivity contribution < 1.29 is 65.2 Å². The first-order valence-electron chi connectivity index (χ1n) is 28.9. The van der Waals surface area contributed by atoms with E-state index in [0.29, 0.717) is 63.4 Å². The molecule has 2 aliphatic carbocycles. The Bertz CT molecular complexity index is 3180. The fraction of sp³-hybridized carbons (Fsp3) is 0.581. The Morgan fingerprint density at radius 3 is 1.30 bits per heavy atom. The summed E-state index contributed by atoms with van der Waals surface area (Å²) in [5.74, 6) is -4.65. The Hall–Kier alpha value is -6.94. The molecule has 84 heavy (non-hydrogen) atoms. The van der Waals surface area contributed by atoms with Crippen LogP contribution in [0.25, 0.3) is 21.8 Å². The van der Waals surface area contributed by atoms with Crippen LogP contribution in [0, 0.1) is 24.7 Å². The van der Waals surface area contributed by atoms with Gasteiger partial charge in [-0.3, -0.25) is 37.9 Å². The number of piperidine rings is 2. The second-order valence-corrected chi connectivity index (χ2v) is 25.5. The van der Waals surface area contributed by atoms with Gasteiger partial charge < -0.3 is 28.4 Å². The highest BCUT2D eigenvalue weighted by atomic mass is 19.3. The smallest absolute Gasteiger partial charge is 0.419 e. The van der Waals surface area contributed by atoms with E-state index in [0.717, 1.165) is 55.2 Å². The number of aryl methyl sites for hydroxylation is 2. The van der Waals surface area contributed by atoms with Crippen LogP contribution in [0.1, 0.15) is 152 Å². The van der Waals surface area contributed by atoms with Gasteiger partial charge in [0.2, 0.25) is 11.8 Å². The molecule has 2 aromatic carbocycles. The topological polar surface area (TPSA) is 176 Å². The molecule has 4 aromatic heterocycles. The van der Waals surface area contributed by atoms with Crippen LogP contribution < -0.4 is 9.47 Å². The number of hydrogen-bond acceptors (Lipinski definition) is 14. The van der Waals surface area contributed by atoms with E-state index in [1.165, 1.54) is 18.5 Å². The lowest BCUT2D eigenvalue weighted by Gasteiger charge is -2.54. The zero-order valence-corrected chi connectivity index (χ0v) is 50.4. The number of fused-ring (bicyclic) bond motifs is 2. The van der Waals surface area contributed by atoms with Crippen LogP contribution in [0.3, 0.4) is 0 Å². The van der Waals surface area contributed by atoms with Gasteiger partial charge in [0.15, 0.2) is 0 Å². The van der Waals surface area contributed by atoms with Crippen molar-refractivity contribution in [1.82, 2.24) is 38.5 Å². The zero-order chi connectivity index (χ0) is 60.9. The zero-order valence-electron chi connectivity index (χ0n) is 50.4. The SMILES string of the molecule is CCOC(=O)Cn1cc([C@H]2CC3(CCN2Cc2c(OC)cc(C)c4c2ccn4C(=O)OC(C)(C)C)CC(F)(F)C3)cn1.CCOC(=O)Cn1cc([C@H]2CC3(CCN2Cc2c(OC)cc(C)c4c2ccn4C(=O)OC(C)(C)C)CC(F)(F)C3)cn1. The maximum absolute atomic E-state index is 14.1. The van der Waals surface area contributed by atoms with Crippen molar-refractivity contribution in [2.75, 3.05) is 40.5 Å². The lowest BCUT2D eigenvalue weighted by molar-refractivity contribution is -0.186. The van der Waals surface area contributed by atoms with Gasteiger partial charge in [-0.2, -0.15) is 10.2 Å². The van der Waals surface area contributed by atoms with Gasteiger partial charge in [-0.15, -0.1) is 0 Å². The van der Waals surface area contributed by atoms with E-state index in [-0.39, 0.29) is 76.0 Å². The lowest BCUT2D eigenvalue weighted by Crippen LogP contribution is -2.53. The third kappa shape index (κ3) is 13.4. The van der Waals surface area contributed by atoms with Gasteiger partial charge in [-0.25, -0.2) is 27.2 Å². The highest BCUT2D eigenvalue weighted by Gasteiger charge is 2.60. The summed E-state index contributed by atoms with van der Waals surface area (Å²) in [6.45, 7) is 21.0. The number of aromatic nitrogens is 6. The second-order valence-electron chi connectivity index (χ2n) is 25.5. The predicted molar refractivity (Wildman–Crippen MR) is 305 cm³/mol. The minimum atomic E-state index is -2.63. The van der Waals surface area contributed by atoms with Crippen LogP contribution in [-0.2, 0) is 54.7 Å². The van der Waals surface area contributed by atoms with Gasteiger partial charge in [0.25, 0.3) is 0 Å². The molecular formula is C62H80F4N8O10. The molecule has 18 nitrogen and oxygen atoms in total. The summed E-state index contributed by atoms with van der Waals surface area (Å²) in [7, 11) is 3.24. The van der Waals surface area contributed by atoms with Crippen LogP contribution in [0.4, 0.5) is 27.2 Å². The molecule has 456 valence electrons. The molecule has 10 rings (SSSR count). The standard InChI is InChI=1S/2C31H40F2N4O5/c2*1-7-41-26(38)17-36-15-21(14-34-36)24-13-30(18-31(32,33)19-30)9-11-35(24)16-23-22-8-10-37(28(39)42-29(3,4)5)27(22)20(2)12-25(23)40-6/h2*8,10,12,14-15,24H,7,9,11,13,16-19H2,1-6H3/t2*24-/m11/s1. The van der Waals surface area contributed by atoms with Gasteiger partial charge in [0.1, 0.15) is 35.8 Å². The number of likely N-dealkylation sites (tertiary alicyclic amines) is 2. The molecule has 22 heteroatoms. The largest absolute Gasteiger partial charge is 0.496 e. The van der Waals surface area contributed by atoms with E-state index >= 15 is 0 Å². The fourth-order valence-corrected chi connectivity index (χ4v) is 13.2. The van der Waals surface area contributed by atoms with Gasteiger partial charge in [0, 0.05) is 109 Å². The number of alkyl halides is 4. The van der Waals surface area contributed by atoms with Crippen molar-refractivity contribution in [2.24, 2.45) is 10.8 Å². The Morgan fingerprint density at radius 1 is 0.607 bits per heavy atom. The Morgan fingerprint density at radius 2 is 0.976 bits per heavy atom. The van der Waals surface area contributed by atoms with Crippen LogP contribution in [-0.4, -0.2) is 126 Å². The number of methoxy groups -OCH3 is 2. The molecule has 0 unspecified atom stereocenters. The highest BCUT2D eigenvalue weighted by Crippen LogP contribution is 2.62. The van der Waals surface area contributed by atoms with Crippen LogP contribution in [0.15, 0.2) is 61.4 Å². The molecule has 2 saturated heterocycles. The monoisotopic (exact) mass is 1170 g/mol. The molecular weight excluding hydrogens is 1090 g/mol. The number of ether oxygens (including phenoxy) is 6. The predicted octanol–water partition coefficient (Wildman–Crippen LogP) is 12.5. The molecule has 4 fully saturated rings. The van der Waals surface area contributed by atoms with Crippen LogP contribution >= 0.6 is 0 Å². The van der Waals surface area contributed by atoms with Gasteiger partial charge in [-0.05, 0) is 154 Å². The molecule has 0 radical (unpaired) electrons. The number of nitrogens with zero attached hydrogens (tertiary/aromatic N) is 8. The fourth-order valence-electron chi connectivity index (χ4n) is 13.2. The van der Waals surface area contributed by atoms with Crippen molar-refractivity contribution in [3.05, 3.63) is 94.8 Å². The Kier molecular flexibility index (Phi) is 17.2. The third-order valence-electron chi connectivity index (χ3n) is 16.6. The summed E-state index contributed by atoms with van der Waals surface area (Å²) in [5.41, 5.74) is 4.59. The van der Waals surface area contributed by atoms with Crippen LogP contribution in [0.2, 0.25) is 0 Å². The van der Waals surface area contributed by atoms with E-state index in [1.54, 1.807) is 52.9 Å². The molecule has 2 aliphatic heterocycles. The van der Waals surface area contributed by atoms with Crippen molar-refractivity contribution >= 4 is 45.9 Å². The minimum Gasteiger partial charge on any atom is -0.496 e. The van der Waals surface area contributed by atoms with Crippen molar-refractivity contribution in [3.63, 3.8) is 0 Å². The van der Waals surface area contributed by atoms with E-state index in [4.69, 9.17) is 28.4 Å². The molecule has 2 saturated carbocycles. The average molecular weight is 1170 g/mol. The molecule has 0 N–H and O–H groups in total. The first-order valence-corrected chi connectivity index (χ1v) is 28.9. The summed E-state index contributed by atoms with van der Waals surface area (Å²) in [5, 5.41) is 10.5. The second kappa shape index (κ2) is 23.5. The van der Waals surface area contributed by atoms with Crippen LogP contribution in [0.5, 0.6) is 11.5 Å². The van der Waals surface area contributed by atoms with E-state index in [9.17, 15) is 36.7 Å². The summed E-state index contributed by atoms with van der Waals surface area (Å²) in [6, 6.07) is 7.24. The Labute approximate surface area is 487 Å². The van der Waals surface area contributed by atoms with Crippen molar-refractivity contribution in [2.45, 2.75) is 182 Å². The molecule has 6 aromatic rings. The summed E-state index contributed by atoms with van der Waals surface area (Å²) in [6.07, 6.45) is 11.5. The number of carbonyl (C=O) groups excluding carboxylic acids is 4. The van der Waals surface area contributed by atoms with E-state index < -0.39 is 46.1 Å². The number of benzene rings is 2. The average Bonchev–Trinajstić information content (AvgIpc) is 1.10. The van der Waals surface area contributed by atoms with E-state index in [1.807, 2.05) is 92.0 Å². The minimum absolute atomic E-state index is 0.0195. The molecule has 4 aliphatic rings. The summed E-state index contributed by atoms with van der Waals surface area (Å²) >= 11 is 0. The summed E-state index contributed by atoms with van der Waals surface area (Å²) in [4.78, 5) is 54.8. The van der Waals surface area contributed by atoms with Gasteiger partial charge in [-0.1, -0.05) is 0 Å². The molecule has 0 amide bonds. The quantitative estimate of drug-likeness (QED) is 0.0572. The van der Waals surface area contributed by atoms with Gasteiger partial charge >= 0.3 is 24.1 Å². The molecule has 2 spiro atoms. The van der Waals surface area contributed by atoms with Crippen molar-refractivity contribution in [3.8, 4) is 11.5 Å². The molecule has 0 bridgehead atoms. The first kappa shape index (κ1) is 61.6. The lowest BCUT2D eigenvalue weighted by atomic mass is 9.59. The number of esters is 2. The normalized spacial score (nSPS) is 20.0. The third-order valence-corrected chi connectivity index (χ3v) is 16.6. The number of carbonyl (C=O) groups is 4. The van der Waals surface area contributed by atoms with Crippen molar-refractivity contribution in [1.29, 1.82) is 0 Å². The highest BCUT2D eigenvalue weighted by molar-refractivity contribution is 5.96. The molecule has 6 heterocycles. The Balaban J connectivity index is 0.000000202. The first-order chi connectivity index (χ1) is 39.5.